The first-order valence-corrected chi connectivity index (χ1v) is 6.57. The van der Waals surface area contributed by atoms with Gasteiger partial charge in [-0.25, -0.2) is 0 Å². The van der Waals surface area contributed by atoms with E-state index >= 15 is 0 Å². The average Bonchev–Trinajstić information content (AvgIpc) is 2.29. The summed E-state index contributed by atoms with van der Waals surface area (Å²) >= 11 is 3.51. The molecule has 0 aliphatic carbocycles. The normalized spacial score (nSPS) is 32.5. The lowest BCUT2D eigenvalue weighted by Crippen LogP contribution is -2.51. The second-order valence-electron chi connectivity index (χ2n) is 4.66. The molecular formula is C12H16BrN3. The first-order chi connectivity index (χ1) is 7.75. The molecule has 2 heterocycles. The molecule has 0 radical (unpaired) electrons. The van der Waals surface area contributed by atoms with Crippen LogP contribution < -0.4 is 16.4 Å². The standard InChI is InChI=1S/C12H16BrN3/c13-7-1-2-8-11(5-7)16-10-3-4-15-6-9(10)12(8)14/h1-2,5,9-10,12,15-16H,3-4,6,14H2. The summed E-state index contributed by atoms with van der Waals surface area (Å²) in [6, 6.07) is 7.01. The average molecular weight is 282 g/mol. The Morgan fingerprint density at radius 2 is 2.25 bits per heavy atom. The second-order valence-corrected chi connectivity index (χ2v) is 5.58. The Morgan fingerprint density at radius 3 is 3.12 bits per heavy atom. The van der Waals surface area contributed by atoms with Crippen molar-refractivity contribution >= 4 is 21.6 Å². The molecule has 2 aliphatic rings. The van der Waals surface area contributed by atoms with E-state index < -0.39 is 0 Å². The Morgan fingerprint density at radius 1 is 1.38 bits per heavy atom. The molecule has 4 heteroatoms. The highest BCUT2D eigenvalue weighted by Crippen LogP contribution is 2.38. The van der Waals surface area contributed by atoms with E-state index in [0.717, 1.165) is 24.0 Å². The van der Waals surface area contributed by atoms with Crippen molar-refractivity contribution in [3.05, 3.63) is 28.2 Å². The van der Waals surface area contributed by atoms with Crippen molar-refractivity contribution in [2.45, 2.75) is 18.5 Å². The van der Waals surface area contributed by atoms with Gasteiger partial charge in [-0.3, -0.25) is 0 Å². The maximum atomic E-state index is 6.36. The van der Waals surface area contributed by atoms with Gasteiger partial charge in [0.2, 0.25) is 0 Å². The molecule has 3 nitrogen and oxygen atoms in total. The first-order valence-electron chi connectivity index (χ1n) is 5.78. The number of hydrogen-bond acceptors (Lipinski definition) is 3. The summed E-state index contributed by atoms with van der Waals surface area (Å²) in [6.45, 7) is 2.11. The molecule has 1 saturated heterocycles. The second kappa shape index (κ2) is 4.02. The fourth-order valence-corrected chi connectivity index (χ4v) is 3.17. The molecule has 1 fully saturated rings. The third-order valence-corrected chi connectivity index (χ3v) is 4.20. The van der Waals surface area contributed by atoms with Crippen molar-refractivity contribution < 1.29 is 0 Å². The van der Waals surface area contributed by atoms with Crippen LogP contribution in [0.4, 0.5) is 5.69 Å². The third kappa shape index (κ3) is 1.65. The summed E-state index contributed by atoms with van der Waals surface area (Å²) in [5.74, 6) is 0.516. The largest absolute Gasteiger partial charge is 0.382 e. The van der Waals surface area contributed by atoms with Crippen molar-refractivity contribution in [1.29, 1.82) is 0 Å². The van der Waals surface area contributed by atoms with Gasteiger partial charge in [0.05, 0.1) is 0 Å². The zero-order valence-corrected chi connectivity index (χ0v) is 10.6. The Labute approximate surface area is 104 Å². The maximum Gasteiger partial charge on any atom is 0.0402 e. The van der Waals surface area contributed by atoms with E-state index in [2.05, 4.69) is 44.8 Å². The molecule has 0 bridgehead atoms. The Hall–Kier alpha value is -0.580. The zero-order chi connectivity index (χ0) is 11.1. The van der Waals surface area contributed by atoms with Crippen molar-refractivity contribution in [2.75, 3.05) is 18.4 Å². The first kappa shape index (κ1) is 10.6. The molecular weight excluding hydrogens is 266 g/mol. The predicted molar refractivity (Wildman–Crippen MR) is 69.5 cm³/mol. The highest BCUT2D eigenvalue weighted by atomic mass is 79.9. The van der Waals surface area contributed by atoms with E-state index in [9.17, 15) is 0 Å². The van der Waals surface area contributed by atoms with Gasteiger partial charge in [0, 0.05) is 34.7 Å². The van der Waals surface area contributed by atoms with Crippen molar-refractivity contribution in [2.24, 2.45) is 11.7 Å². The van der Waals surface area contributed by atoms with Crippen LogP contribution in [-0.4, -0.2) is 19.1 Å². The van der Waals surface area contributed by atoms with Gasteiger partial charge in [-0.2, -0.15) is 0 Å². The molecule has 4 N–H and O–H groups in total. The summed E-state index contributed by atoms with van der Waals surface area (Å²) in [6.07, 6.45) is 1.16. The van der Waals surface area contributed by atoms with Crippen molar-refractivity contribution in [3.63, 3.8) is 0 Å². The monoisotopic (exact) mass is 281 g/mol. The number of anilines is 1. The molecule has 1 aromatic rings. The Bertz CT molecular complexity index is 407. The highest BCUT2D eigenvalue weighted by molar-refractivity contribution is 9.10. The molecule has 0 spiro atoms. The number of halogens is 1. The van der Waals surface area contributed by atoms with Crippen molar-refractivity contribution in [3.8, 4) is 0 Å². The van der Waals surface area contributed by atoms with Gasteiger partial charge in [-0.1, -0.05) is 22.0 Å². The van der Waals surface area contributed by atoms with Gasteiger partial charge in [0.15, 0.2) is 0 Å². The van der Waals surface area contributed by atoms with Gasteiger partial charge in [0.1, 0.15) is 0 Å². The molecule has 86 valence electrons. The minimum Gasteiger partial charge on any atom is -0.382 e. The molecule has 3 rings (SSSR count). The van der Waals surface area contributed by atoms with Crippen LogP contribution in [0.2, 0.25) is 0 Å². The molecule has 1 aromatic carbocycles. The lowest BCUT2D eigenvalue weighted by Gasteiger charge is -2.42. The number of benzene rings is 1. The van der Waals surface area contributed by atoms with E-state index in [1.54, 1.807) is 0 Å². The fraction of sp³-hybridized carbons (Fsp3) is 0.500. The van der Waals surface area contributed by atoms with Crippen LogP contribution >= 0.6 is 15.9 Å². The van der Waals surface area contributed by atoms with E-state index in [1.807, 2.05) is 0 Å². The number of rotatable bonds is 0. The number of nitrogens with two attached hydrogens (primary N) is 1. The van der Waals surface area contributed by atoms with Crippen LogP contribution in [0.25, 0.3) is 0 Å². The van der Waals surface area contributed by atoms with E-state index in [1.165, 1.54) is 11.3 Å². The summed E-state index contributed by atoms with van der Waals surface area (Å²) in [7, 11) is 0. The topological polar surface area (TPSA) is 50.1 Å². The number of piperidine rings is 1. The minimum atomic E-state index is 0.155. The van der Waals surface area contributed by atoms with Gasteiger partial charge >= 0.3 is 0 Å². The zero-order valence-electron chi connectivity index (χ0n) is 9.04. The van der Waals surface area contributed by atoms with Crippen LogP contribution in [0, 0.1) is 5.92 Å². The summed E-state index contributed by atoms with van der Waals surface area (Å²) in [5.41, 5.74) is 8.80. The molecule has 3 atom stereocenters. The Balaban J connectivity index is 1.99. The molecule has 2 aliphatic heterocycles. The summed E-state index contributed by atoms with van der Waals surface area (Å²) in [4.78, 5) is 0. The van der Waals surface area contributed by atoms with E-state index in [4.69, 9.17) is 5.73 Å². The number of hydrogen-bond donors (Lipinski definition) is 3. The van der Waals surface area contributed by atoms with Gasteiger partial charge in [-0.05, 0) is 30.7 Å². The van der Waals surface area contributed by atoms with Crippen LogP contribution in [-0.2, 0) is 0 Å². The molecule has 0 saturated carbocycles. The SMILES string of the molecule is NC1c2ccc(Br)cc2NC2CCNCC21. The molecule has 16 heavy (non-hydrogen) atoms. The van der Waals surface area contributed by atoms with E-state index in [0.29, 0.717) is 12.0 Å². The quantitative estimate of drug-likeness (QED) is 0.680. The van der Waals surface area contributed by atoms with Crippen LogP contribution in [0.3, 0.4) is 0 Å². The minimum absolute atomic E-state index is 0.155. The van der Waals surface area contributed by atoms with E-state index in [-0.39, 0.29) is 6.04 Å². The summed E-state index contributed by atoms with van der Waals surface area (Å²) in [5, 5.41) is 7.05. The van der Waals surface area contributed by atoms with Crippen LogP contribution in [0.5, 0.6) is 0 Å². The summed E-state index contributed by atoms with van der Waals surface area (Å²) < 4.78 is 1.11. The van der Waals surface area contributed by atoms with Crippen LogP contribution in [0.1, 0.15) is 18.0 Å². The van der Waals surface area contributed by atoms with Gasteiger partial charge in [-0.15, -0.1) is 0 Å². The number of nitrogens with one attached hydrogen (secondary N) is 2. The molecule has 3 unspecified atom stereocenters. The maximum absolute atomic E-state index is 6.36. The number of fused-ring (bicyclic) bond motifs is 2. The smallest absolute Gasteiger partial charge is 0.0402 e. The Kier molecular flexibility index (Phi) is 2.65. The third-order valence-electron chi connectivity index (χ3n) is 3.71. The molecule has 0 amide bonds. The van der Waals surface area contributed by atoms with Crippen molar-refractivity contribution in [1.82, 2.24) is 5.32 Å². The molecule has 0 aromatic heterocycles. The highest BCUT2D eigenvalue weighted by Gasteiger charge is 2.35. The lowest BCUT2D eigenvalue weighted by atomic mass is 9.80. The van der Waals surface area contributed by atoms with Gasteiger partial charge in [0.25, 0.3) is 0 Å². The van der Waals surface area contributed by atoms with Gasteiger partial charge < -0.3 is 16.4 Å². The predicted octanol–water partition coefficient (Wildman–Crippen LogP) is 1.85. The van der Waals surface area contributed by atoms with Crippen LogP contribution in [0.15, 0.2) is 22.7 Å². The lowest BCUT2D eigenvalue weighted by molar-refractivity contribution is 0.288. The fourth-order valence-electron chi connectivity index (χ4n) is 2.81.